The molecular formula is C23H29N3O4S. The second-order valence-corrected chi connectivity index (χ2v) is 8.51. The molecule has 0 aliphatic carbocycles. The standard InChI is InChI=1S/C23H29N3O4S/c1-30-14-11-24-21(27)16-20-23(29)25(12-9-18-6-3-2-4-7-18)17-22(28)26(20)13-10-19-8-5-15-31-19/h2-8,15,20H,9-14,16-17H2,1H3,(H,24,27). The van der Waals surface area contributed by atoms with Gasteiger partial charge in [0.1, 0.15) is 6.04 Å². The first-order valence-corrected chi connectivity index (χ1v) is 11.4. The van der Waals surface area contributed by atoms with E-state index in [2.05, 4.69) is 5.32 Å². The third kappa shape index (κ3) is 6.63. The van der Waals surface area contributed by atoms with Gasteiger partial charge in [-0.3, -0.25) is 14.4 Å². The molecule has 3 amide bonds. The Bertz CT molecular complexity index is 857. The molecule has 0 saturated carbocycles. The molecule has 2 aromatic rings. The lowest BCUT2D eigenvalue weighted by molar-refractivity contribution is -0.157. The number of ether oxygens (including phenoxy) is 1. The van der Waals surface area contributed by atoms with E-state index in [0.29, 0.717) is 39.1 Å². The number of hydrogen-bond acceptors (Lipinski definition) is 5. The summed E-state index contributed by atoms with van der Waals surface area (Å²) < 4.78 is 4.96. The van der Waals surface area contributed by atoms with E-state index in [4.69, 9.17) is 4.74 Å². The Morgan fingerprint density at radius 2 is 1.94 bits per heavy atom. The second-order valence-electron chi connectivity index (χ2n) is 7.47. The molecule has 0 bridgehead atoms. The van der Waals surface area contributed by atoms with Gasteiger partial charge in [0.25, 0.3) is 0 Å². The number of thiophene rings is 1. The van der Waals surface area contributed by atoms with Crippen molar-refractivity contribution in [3.05, 3.63) is 58.3 Å². The lowest BCUT2D eigenvalue weighted by Crippen LogP contribution is -2.61. The van der Waals surface area contributed by atoms with Gasteiger partial charge in [-0.2, -0.15) is 0 Å². The summed E-state index contributed by atoms with van der Waals surface area (Å²) >= 11 is 1.62. The number of carbonyl (C=O) groups excluding carboxylic acids is 3. The summed E-state index contributed by atoms with van der Waals surface area (Å²) in [6.07, 6.45) is 1.30. The van der Waals surface area contributed by atoms with Gasteiger partial charge >= 0.3 is 0 Å². The number of carbonyl (C=O) groups is 3. The van der Waals surface area contributed by atoms with Crippen molar-refractivity contribution in [3.63, 3.8) is 0 Å². The van der Waals surface area contributed by atoms with Gasteiger partial charge < -0.3 is 19.9 Å². The first-order chi connectivity index (χ1) is 15.1. The topological polar surface area (TPSA) is 79.0 Å². The molecule has 1 aromatic carbocycles. The number of amides is 3. The largest absolute Gasteiger partial charge is 0.383 e. The van der Waals surface area contributed by atoms with Crippen LogP contribution in [0, 0.1) is 0 Å². The third-order valence-corrected chi connectivity index (χ3v) is 6.26. The molecule has 3 rings (SSSR count). The normalized spacial score (nSPS) is 16.6. The molecule has 31 heavy (non-hydrogen) atoms. The Labute approximate surface area is 187 Å². The summed E-state index contributed by atoms with van der Waals surface area (Å²) in [6, 6.07) is 13.1. The van der Waals surface area contributed by atoms with Gasteiger partial charge in [-0.25, -0.2) is 0 Å². The molecule has 1 N–H and O–H groups in total. The predicted octanol–water partition coefficient (Wildman–Crippen LogP) is 1.73. The molecule has 7 nitrogen and oxygen atoms in total. The molecule has 0 spiro atoms. The summed E-state index contributed by atoms with van der Waals surface area (Å²) in [4.78, 5) is 43.0. The smallest absolute Gasteiger partial charge is 0.246 e. The molecule has 0 radical (unpaired) electrons. The zero-order chi connectivity index (χ0) is 22.1. The molecule has 2 heterocycles. The molecule has 1 atom stereocenters. The van der Waals surface area contributed by atoms with E-state index < -0.39 is 6.04 Å². The molecule has 1 fully saturated rings. The highest BCUT2D eigenvalue weighted by molar-refractivity contribution is 7.09. The van der Waals surface area contributed by atoms with Crippen LogP contribution in [0.4, 0.5) is 0 Å². The SMILES string of the molecule is COCCNC(=O)CC1C(=O)N(CCc2ccccc2)CC(=O)N1CCc1cccs1. The maximum absolute atomic E-state index is 13.3. The van der Waals surface area contributed by atoms with Crippen LogP contribution in [0.25, 0.3) is 0 Å². The highest BCUT2D eigenvalue weighted by atomic mass is 32.1. The van der Waals surface area contributed by atoms with Crippen molar-refractivity contribution < 1.29 is 19.1 Å². The Kier molecular flexibility index (Phi) is 8.61. The van der Waals surface area contributed by atoms with Gasteiger partial charge in [-0.1, -0.05) is 36.4 Å². The Morgan fingerprint density at radius 1 is 1.13 bits per heavy atom. The van der Waals surface area contributed by atoms with Crippen molar-refractivity contribution in [2.75, 3.05) is 39.9 Å². The number of benzene rings is 1. The average Bonchev–Trinajstić information content (AvgIpc) is 3.29. The van der Waals surface area contributed by atoms with Gasteiger partial charge in [0, 0.05) is 31.6 Å². The molecule has 8 heteroatoms. The first kappa shape index (κ1) is 23.0. The van der Waals surface area contributed by atoms with Crippen LogP contribution < -0.4 is 5.32 Å². The quantitative estimate of drug-likeness (QED) is 0.537. The molecule has 1 saturated heterocycles. The predicted molar refractivity (Wildman–Crippen MR) is 120 cm³/mol. The van der Waals surface area contributed by atoms with Crippen molar-refractivity contribution in [1.29, 1.82) is 0 Å². The summed E-state index contributed by atoms with van der Waals surface area (Å²) in [6.45, 7) is 1.70. The number of hydrogen-bond donors (Lipinski definition) is 1. The zero-order valence-electron chi connectivity index (χ0n) is 17.8. The molecular weight excluding hydrogens is 414 g/mol. The van der Waals surface area contributed by atoms with Crippen LogP contribution in [0.1, 0.15) is 16.9 Å². The molecule has 1 aromatic heterocycles. The van der Waals surface area contributed by atoms with Crippen molar-refractivity contribution in [3.8, 4) is 0 Å². The molecule has 1 aliphatic rings. The number of nitrogens with one attached hydrogen (secondary N) is 1. The van der Waals surface area contributed by atoms with Gasteiger partial charge in [0.15, 0.2) is 0 Å². The van der Waals surface area contributed by atoms with Crippen LogP contribution >= 0.6 is 11.3 Å². The zero-order valence-corrected chi connectivity index (χ0v) is 18.6. The maximum atomic E-state index is 13.3. The fourth-order valence-electron chi connectivity index (χ4n) is 3.65. The number of nitrogens with zero attached hydrogens (tertiary/aromatic N) is 2. The van der Waals surface area contributed by atoms with Crippen LogP contribution in [0.5, 0.6) is 0 Å². The minimum Gasteiger partial charge on any atom is -0.383 e. The van der Waals surface area contributed by atoms with Gasteiger partial charge in [0.2, 0.25) is 17.7 Å². The Hall–Kier alpha value is -2.71. The maximum Gasteiger partial charge on any atom is 0.246 e. The Morgan fingerprint density at radius 3 is 2.65 bits per heavy atom. The molecule has 1 unspecified atom stereocenters. The first-order valence-electron chi connectivity index (χ1n) is 10.5. The minimum absolute atomic E-state index is 0.0411. The van der Waals surface area contributed by atoms with E-state index in [0.717, 1.165) is 10.4 Å². The monoisotopic (exact) mass is 443 g/mol. The van der Waals surface area contributed by atoms with Crippen molar-refractivity contribution in [1.82, 2.24) is 15.1 Å². The van der Waals surface area contributed by atoms with Gasteiger partial charge in [-0.05, 0) is 29.9 Å². The van der Waals surface area contributed by atoms with Gasteiger partial charge in [0.05, 0.1) is 19.6 Å². The van der Waals surface area contributed by atoms with Crippen molar-refractivity contribution in [2.24, 2.45) is 0 Å². The second kappa shape index (κ2) is 11.6. The number of methoxy groups -OCH3 is 1. The molecule has 1 aliphatic heterocycles. The highest BCUT2D eigenvalue weighted by Gasteiger charge is 2.39. The van der Waals surface area contributed by atoms with E-state index >= 15 is 0 Å². The number of piperazine rings is 1. The lowest BCUT2D eigenvalue weighted by Gasteiger charge is -2.40. The lowest BCUT2D eigenvalue weighted by atomic mass is 10.0. The van der Waals surface area contributed by atoms with E-state index in [1.807, 2.05) is 47.8 Å². The van der Waals surface area contributed by atoms with Gasteiger partial charge in [-0.15, -0.1) is 11.3 Å². The van der Waals surface area contributed by atoms with Crippen LogP contribution in [-0.2, 0) is 32.0 Å². The summed E-state index contributed by atoms with van der Waals surface area (Å²) in [5, 5.41) is 4.75. The van der Waals surface area contributed by atoms with E-state index in [9.17, 15) is 14.4 Å². The average molecular weight is 444 g/mol. The van der Waals surface area contributed by atoms with Crippen LogP contribution in [0.15, 0.2) is 47.8 Å². The third-order valence-electron chi connectivity index (χ3n) is 5.32. The van der Waals surface area contributed by atoms with Crippen molar-refractivity contribution in [2.45, 2.75) is 25.3 Å². The van der Waals surface area contributed by atoms with E-state index in [1.54, 1.807) is 28.2 Å². The van der Waals surface area contributed by atoms with Crippen LogP contribution in [0.2, 0.25) is 0 Å². The fourth-order valence-corrected chi connectivity index (χ4v) is 4.35. The minimum atomic E-state index is -0.778. The fraction of sp³-hybridized carbons (Fsp3) is 0.435. The van der Waals surface area contributed by atoms with E-state index in [1.165, 1.54) is 0 Å². The van der Waals surface area contributed by atoms with E-state index in [-0.39, 0.29) is 30.7 Å². The van der Waals surface area contributed by atoms with Crippen molar-refractivity contribution >= 4 is 29.1 Å². The summed E-state index contributed by atoms with van der Waals surface area (Å²) in [5.74, 6) is -0.531. The van der Waals surface area contributed by atoms with Crippen LogP contribution in [-0.4, -0.2) is 73.5 Å². The Balaban J connectivity index is 1.68. The number of rotatable bonds is 11. The highest BCUT2D eigenvalue weighted by Crippen LogP contribution is 2.19. The summed E-state index contributed by atoms with van der Waals surface area (Å²) in [5.41, 5.74) is 1.11. The summed E-state index contributed by atoms with van der Waals surface area (Å²) in [7, 11) is 1.56. The van der Waals surface area contributed by atoms with Crippen LogP contribution in [0.3, 0.4) is 0 Å². The molecule has 166 valence electrons.